The van der Waals surface area contributed by atoms with Gasteiger partial charge in [-0.2, -0.15) is 5.10 Å². The van der Waals surface area contributed by atoms with Gasteiger partial charge in [-0.05, 0) is 39.2 Å². The molecular formula is C19H28N6O. The highest BCUT2D eigenvalue weighted by Crippen LogP contribution is 2.20. The maximum atomic E-state index is 12.7. The van der Waals surface area contributed by atoms with Crippen molar-refractivity contribution in [3.05, 3.63) is 48.0 Å². The van der Waals surface area contributed by atoms with E-state index < -0.39 is 0 Å². The van der Waals surface area contributed by atoms with Crippen LogP contribution >= 0.6 is 0 Å². The minimum atomic E-state index is -0.0437. The van der Waals surface area contributed by atoms with Crippen molar-refractivity contribution in [1.29, 1.82) is 0 Å². The zero-order valence-electron chi connectivity index (χ0n) is 15.8. The molecule has 2 atom stereocenters. The number of hydrogen-bond acceptors (Lipinski definition) is 5. The van der Waals surface area contributed by atoms with Crippen LogP contribution in [0, 0.1) is 5.92 Å². The first-order valence-corrected chi connectivity index (χ1v) is 9.16. The van der Waals surface area contributed by atoms with Gasteiger partial charge in [-0.3, -0.25) is 19.4 Å². The molecule has 0 bridgehead atoms. The molecule has 140 valence electrons. The molecule has 1 saturated heterocycles. The molecule has 7 heteroatoms. The fraction of sp³-hybridized carbons (Fsp3) is 0.526. The average molecular weight is 356 g/mol. The lowest BCUT2D eigenvalue weighted by Gasteiger charge is -2.23. The minimum absolute atomic E-state index is 0.0437. The van der Waals surface area contributed by atoms with Gasteiger partial charge in [0.05, 0.1) is 5.69 Å². The van der Waals surface area contributed by atoms with Crippen LogP contribution in [0.5, 0.6) is 0 Å². The summed E-state index contributed by atoms with van der Waals surface area (Å²) in [6.07, 6.45) is 3.51. The van der Waals surface area contributed by atoms with Crippen LogP contribution < -0.4 is 5.32 Å². The Labute approximate surface area is 155 Å². The van der Waals surface area contributed by atoms with Crippen molar-refractivity contribution in [2.75, 3.05) is 33.7 Å². The minimum Gasteiger partial charge on any atom is -0.346 e. The van der Waals surface area contributed by atoms with Gasteiger partial charge >= 0.3 is 0 Å². The van der Waals surface area contributed by atoms with Crippen LogP contribution in [0.1, 0.15) is 23.1 Å². The molecule has 3 rings (SSSR count). The molecule has 1 fully saturated rings. The van der Waals surface area contributed by atoms with E-state index in [2.05, 4.69) is 39.3 Å². The molecule has 3 heterocycles. The lowest BCUT2D eigenvalue weighted by atomic mass is 10.0. The molecule has 2 aromatic heterocycles. The second-order valence-electron chi connectivity index (χ2n) is 7.15. The van der Waals surface area contributed by atoms with E-state index in [4.69, 9.17) is 0 Å². The van der Waals surface area contributed by atoms with Crippen LogP contribution in [0.25, 0.3) is 0 Å². The first-order valence-electron chi connectivity index (χ1n) is 9.16. The molecule has 0 radical (unpaired) electrons. The van der Waals surface area contributed by atoms with Gasteiger partial charge in [0.15, 0.2) is 0 Å². The summed E-state index contributed by atoms with van der Waals surface area (Å²) in [5.74, 6) is 0.341. The van der Waals surface area contributed by atoms with Gasteiger partial charge in [-0.1, -0.05) is 6.07 Å². The normalized spacial score (nSPS) is 20.6. The van der Waals surface area contributed by atoms with Crippen LogP contribution in [-0.2, 0) is 13.1 Å². The molecule has 0 saturated carbocycles. The van der Waals surface area contributed by atoms with Gasteiger partial charge in [0, 0.05) is 57.1 Å². The summed E-state index contributed by atoms with van der Waals surface area (Å²) in [5.41, 5.74) is 1.69. The van der Waals surface area contributed by atoms with Crippen molar-refractivity contribution in [3.8, 4) is 0 Å². The maximum absolute atomic E-state index is 12.7. The Morgan fingerprint density at radius 2 is 2.12 bits per heavy atom. The number of likely N-dealkylation sites (tertiary alicyclic amines) is 1. The molecule has 1 aliphatic rings. The second-order valence-corrected chi connectivity index (χ2v) is 7.15. The van der Waals surface area contributed by atoms with E-state index in [0.29, 0.717) is 18.2 Å². The summed E-state index contributed by atoms with van der Waals surface area (Å²) < 4.78 is 1.73. The van der Waals surface area contributed by atoms with Crippen LogP contribution in [0.2, 0.25) is 0 Å². The van der Waals surface area contributed by atoms with Crippen LogP contribution in [0.15, 0.2) is 36.7 Å². The monoisotopic (exact) mass is 356 g/mol. The molecule has 1 amide bonds. The van der Waals surface area contributed by atoms with Gasteiger partial charge < -0.3 is 10.2 Å². The third kappa shape index (κ3) is 4.47. The fourth-order valence-corrected chi connectivity index (χ4v) is 3.65. The van der Waals surface area contributed by atoms with E-state index in [1.165, 1.54) is 0 Å². The fourth-order valence-electron chi connectivity index (χ4n) is 3.65. The standard InChI is InChI=1S/C19H28N6O/c1-4-25-18(8-10-21-25)19(26)22-17-14-24(12-15(17)11-23(2)3)13-16-7-5-6-9-20-16/h5-10,15,17H,4,11-14H2,1-3H3,(H,22,26)/t15-,17-/m1/s1. The largest absolute Gasteiger partial charge is 0.346 e. The Balaban J connectivity index is 1.68. The lowest BCUT2D eigenvalue weighted by Crippen LogP contribution is -2.44. The summed E-state index contributed by atoms with van der Waals surface area (Å²) in [5, 5.41) is 7.44. The van der Waals surface area contributed by atoms with E-state index in [1.807, 2.05) is 31.3 Å². The number of nitrogens with one attached hydrogen (secondary N) is 1. The Hall–Kier alpha value is -2.25. The molecule has 0 aliphatic carbocycles. The van der Waals surface area contributed by atoms with Crippen LogP contribution in [0.4, 0.5) is 0 Å². The summed E-state index contributed by atoms with van der Waals surface area (Å²) in [6.45, 7) is 6.21. The summed E-state index contributed by atoms with van der Waals surface area (Å²) in [4.78, 5) is 21.7. The first kappa shape index (κ1) is 18.5. The molecule has 7 nitrogen and oxygen atoms in total. The maximum Gasteiger partial charge on any atom is 0.269 e. The molecule has 2 aromatic rings. The highest BCUT2D eigenvalue weighted by Gasteiger charge is 2.34. The molecule has 0 unspecified atom stereocenters. The zero-order chi connectivity index (χ0) is 18.5. The van der Waals surface area contributed by atoms with Crippen molar-refractivity contribution in [2.24, 2.45) is 5.92 Å². The summed E-state index contributed by atoms with van der Waals surface area (Å²) in [6, 6.07) is 7.89. The van der Waals surface area contributed by atoms with Crippen molar-refractivity contribution in [1.82, 2.24) is 29.9 Å². The quantitative estimate of drug-likeness (QED) is 0.804. The van der Waals surface area contributed by atoms with Gasteiger partial charge in [0.2, 0.25) is 0 Å². The number of aromatic nitrogens is 3. The number of nitrogens with zero attached hydrogens (tertiary/aromatic N) is 5. The van der Waals surface area contributed by atoms with Crippen molar-refractivity contribution >= 4 is 5.91 Å². The molecule has 1 N–H and O–H groups in total. The second kappa shape index (κ2) is 8.42. The van der Waals surface area contributed by atoms with Crippen LogP contribution in [-0.4, -0.2) is 70.2 Å². The highest BCUT2D eigenvalue weighted by atomic mass is 16.2. The highest BCUT2D eigenvalue weighted by molar-refractivity contribution is 5.92. The third-order valence-electron chi connectivity index (χ3n) is 4.79. The topological polar surface area (TPSA) is 66.3 Å². The smallest absolute Gasteiger partial charge is 0.269 e. The van der Waals surface area contributed by atoms with E-state index in [0.717, 1.165) is 31.9 Å². The van der Waals surface area contributed by atoms with E-state index in [-0.39, 0.29) is 11.9 Å². The number of rotatable bonds is 7. The van der Waals surface area contributed by atoms with Crippen molar-refractivity contribution < 1.29 is 4.79 Å². The van der Waals surface area contributed by atoms with Crippen molar-refractivity contribution in [3.63, 3.8) is 0 Å². The SMILES string of the molecule is CCn1nccc1C(=O)N[C@@H]1CN(Cc2ccccn2)C[C@H]1CN(C)C. The lowest BCUT2D eigenvalue weighted by molar-refractivity contribution is 0.0916. The Bertz CT molecular complexity index is 714. The summed E-state index contributed by atoms with van der Waals surface area (Å²) in [7, 11) is 4.15. The zero-order valence-corrected chi connectivity index (χ0v) is 15.8. The number of amides is 1. The molecular weight excluding hydrogens is 328 g/mol. The van der Waals surface area contributed by atoms with Gasteiger partial charge in [-0.15, -0.1) is 0 Å². The Morgan fingerprint density at radius 1 is 1.27 bits per heavy atom. The number of carbonyl (C=O) groups is 1. The van der Waals surface area contributed by atoms with Gasteiger partial charge in [0.1, 0.15) is 5.69 Å². The molecule has 0 spiro atoms. The van der Waals surface area contributed by atoms with Crippen LogP contribution in [0.3, 0.4) is 0 Å². The van der Waals surface area contributed by atoms with E-state index in [1.54, 1.807) is 16.9 Å². The van der Waals surface area contributed by atoms with Crippen molar-refractivity contribution in [2.45, 2.75) is 26.1 Å². The van der Waals surface area contributed by atoms with Gasteiger partial charge in [0.25, 0.3) is 5.91 Å². The predicted octanol–water partition coefficient (Wildman–Crippen LogP) is 1.09. The molecule has 0 aromatic carbocycles. The number of hydrogen-bond donors (Lipinski definition) is 1. The van der Waals surface area contributed by atoms with E-state index >= 15 is 0 Å². The number of pyridine rings is 1. The Morgan fingerprint density at radius 3 is 2.81 bits per heavy atom. The molecule has 26 heavy (non-hydrogen) atoms. The number of carbonyl (C=O) groups excluding carboxylic acids is 1. The summed E-state index contributed by atoms with van der Waals surface area (Å²) >= 11 is 0. The molecule has 1 aliphatic heterocycles. The first-order chi connectivity index (χ1) is 12.6. The average Bonchev–Trinajstić information content (AvgIpc) is 3.22. The predicted molar refractivity (Wildman–Crippen MR) is 101 cm³/mol. The van der Waals surface area contributed by atoms with E-state index in [9.17, 15) is 4.79 Å². The van der Waals surface area contributed by atoms with Gasteiger partial charge in [-0.25, -0.2) is 0 Å². The third-order valence-corrected chi connectivity index (χ3v) is 4.79. The Kier molecular flexibility index (Phi) is 6.00. The number of aryl methyl sites for hydroxylation is 1.